The lowest BCUT2D eigenvalue weighted by molar-refractivity contribution is -0.125. The molecule has 2 aliphatic rings. The second kappa shape index (κ2) is 11.3. The van der Waals surface area contributed by atoms with Crippen molar-refractivity contribution in [3.63, 3.8) is 0 Å². The highest BCUT2D eigenvalue weighted by molar-refractivity contribution is 8.13. The molecule has 3 aromatic rings. The summed E-state index contributed by atoms with van der Waals surface area (Å²) in [7, 11) is 3.54. The van der Waals surface area contributed by atoms with Gasteiger partial charge in [-0.1, -0.05) is 84.6 Å². The smallest absolute Gasteiger partial charge is 0.253 e. The first-order chi connectivity index (χ1) is 18.4. The molecular formula is C31H32N4O2S. The summed E-state index contributed by atoms with van der Waals surface area (Å²) < 4.78 is 0. The number of amides is 2. The number of thioether (sulfide) groups is 1. The maximum atomic E-state index is 13.7. The first-order valence-corrected chi connectivity index (χ1v) is 13.8. The minimum atomic E-state index is -0.444. The fourth-order valence-electron chi connectivity index (χ4n) is 5.12. The van der Waals surface area contributed by atoms with E-state index < -0.39 is 5.92 Å². The number of carbonyl (C=O) groups is 2. The van der Waals surface area contributed by atoms with Gasteiger partial charge < -0.3 is 15.1 Å². The van der Waals surface area contributed by atoms with Crippen molar-refractivity contribution >= 4 is 34.4 Å². The number of hydrogen-bond acceptors (Lipinski definition) is 5. The second-order valence-electron chi connectivity index (χ2n) is 9.76. The molecule has 0 aromatic heterocycles. The maximum Gasteiger partial charge on any atom is 0.253 e. The lowest BCUT2D eigenvalue weighted by Crippen LogP contribution is -2.43. The molecule has 6 nitrogen and oxygen atoms in total. The van der Waals surface area contributed by atoms with Gasteiger partial charge in [-0.3, -0.25) is 9.59 Å². The van der Waals surface area contributed by atoms with Crippen LogP contribution in [0.4, 0.5) is 5.69 Å². The Morgan fingerprint density at radius 2 is 1.63 bits per heavy atom. The van der Waals surface area contributed by atoms with Crippen LogP contribution in [0.15, 0.2) is 101 Å². The molecule has 1 N–H and O–H groups in total. The summed E-state index contributed by atoms with van der Waals surface area (Å²) >= 11 is 1.73. The zero-order valence-electron chi connectivity index (χ0n) is 21.9. The van der Waals surface area contributed by atoms with Gasteiger partial charge in [0.2, 0.25) is 5.91 Å². The van der Waals surface area contributed by atoms with Crippen LogP contribution in [0, 0.1) is 0 Å². The Morgan fingerprint density at radius 1 is 0.974 bits per heavy atom. The summed E-state index contributed by atoms with van der Waals surface area (Å²) in [6, 6.07) is 27.3. The summed E-state index contributed by atoms with van der Waals surface area (Å²) in [4.78, 5) is 35.7. The van der Waals surface area contributed by atoms with Gasteiger partial charge in [-0.2, -0.15) is 0 Å². The molecule has 2 aliphatic heterocycles. The van der Waals surface area contributed by atoms with Crippen molar-refractivity contribution in [2.45, 2.75) is 25.3 Å². The minimum absolute atomic E-state index is 0.0477. The van der Waals surface area contributed by atoms with Crippen LogP contribution in [0.3, 0.4) is 0 Å². The lowest BCUT2D eigenvalue weighted by atomic mass is 9.90. The van der Waals surface area contributed by atoms with Crippen molar-refractivity contribution < 1.29 is 9.59 Å². The largest absolute Gasteiger partial charge is 0.345 e. The summed E-state index contributed by atoms with van der Waals surface area (Å²) in [5.74, 6) is 0.424. The maximum absolute atomic E-state index is 13.7. The summed E-state index contributed by atoms with van der Waals surface area (Å²) in [6.45, 7) is 2.74. The molecule has 2 heterocycles. The van der Waals surface area contributed by atoms with Gasteiger partial charge in [0.25, 0.3) is 5.91 Å². The van der Waals surface area contributed by atoms with Crippen LogP contribution >= 0.6 is 11.8 Å². The molecule has 2 amide bonds. The molecule has 1 fully saturated rings. The lowest BCUT2D eigenvalue weighted by Gasteiger charge is -2.41. The number of likely N-dealkylation sites (N-methyl/N-ethyl adjacent to an activating group) is 1. The first-order valence-electron chi connectivity index (χ1n) is 12.9. The van der Waals surface area contributed by atoms with E-state index in [1.807, 2.05) is 91.9 Å². The van der Waals surface area contributed by atoms with Gasteiger partial charge in [-0.25, -0.2) is 4.99 Å². The Morgan fingerprint density at radius 3 is 2.26 bits per heavy atom. The molecule has 1 saturated heterocycles. The molecule has 194 valence electrons. The third-order valence-electron chi connectivity index (χ3n) is 6.89. The zero-order chi connectivity index (χ0) is 26.6. The van der Waals surface area contributed by atoms with Gasteiger partial charge in [-0.15, -0.1) is 0 Å². The van der Waals surface area contributed by atoms with Crippen LogP contribution in [0.5, 0.6) is 0 Å². The Balaban J connectivity index is 1.49. The number of amidine groups is 1. The van der Waals surface area contributed by atoms with Crippen molar-refractivity contribution in [2.24, 2.45) is 4.99 Å². The quantitative estimate of drug-likeness (QED) is 0.451. The van der Waals surface area contributed by atoms with Crippen molar-refractivity contribution in [3.8, 4) is 0 Å². The summed E-state index contributed by atoms with van der Waals surface area (Å²) in [6.07, 6.45) is 1.02. The average molecular weight is 525 g/mol. The number of nitrogens with one attached hydrogen (secondary N) is 1. The van der Waals surface area contributed by atoms with E-state index in [9.17, 15) is 9.59 Å². The fourth-order valence-corrected chi connectivity index (χ4v) is 6.14. The topological polar surface area (TPSA) is 65.0 Å². The van der Waals surface area contributed by atoms with Gasteiger partial charge >= 0.3 is 0 Å². The fraction of sp³-hybridized carbons (Fsp3) is 0.258. The molecule has 3 aromatic carbocycles. The van der Waals surface area contributed by atoms with E-state index in [2.05, 4.69) is 10.2 Å². The number of benzene rings is 3. The zero-order valence-corrected chi connectivity index (χ0v) is 22.7. The molecule has 7 heteroatoms. The molecule has 0 spiro atoms. The third kappa shape index (κ3) is 5.24. The Hall–Kier alpha value is -3.84. The first kappa shape index (κ1) is 25.8. The number of aliphatic imine (C=N–C) groups is 1. The van der Waals surface area contributed by atoms with E-state index in [1.54, 1.807) is 30.8 Å². The number of nitrogens with zero attached hydrogens (tertiary/aromatic N) is 3. The van der Waals surface area contributed by atoms with Crippen LogP contribution < -0.4 is 5.32 Å². The van der Waals surface area contributed by atoms with Crippen LogP contribution in [0.2, 0.25) is 0 Å². The van der Waals surface area contributed by atoms with Crippen molar-refractivity contribution in [3.05, 3.63) is 113 Å². The predicted molar refractivity (Wildman–Crippen MR) is 155 cm³/mol. The summed E-state index contributed by atoms with van der Waals surface area (Å²) in [5.41, 5.74) is 4.95. The minimum Gasteiger partial charge on any atom is -0.345 e. The second-order valence-corrected chi connectivity index (χ2v) is 10.8. The molecule has 1 atom stereocenters. The Labute approximate surface area is 228 Å². The van der Waals surface area contributed by atoms with Gasteiger partial charge in [0.05, 0.1) is 23.2 Å². The SMILES string of the molecule is CC1=C(C(=O)N(C)C)C(c2cccc(NC(=O)C(c3ccccc3)c3ccccc3)c2)N2CCCSC2=N1. The van der Waals surface area contributed by atoms with Gasteiger partial charge in [0, 0.05) is 32.1 Å². The molecule has 0 saturated carbocycles. The van der Waals surface area contributed by atoms with E-state index in [0.29, 0.717) is 11.3 Å². The highest BCUT2D eigenvalue weighted by atomic mass is 32.2. The standard InChI is InChI=1S/C31H32N4O2S/c1-21-26(30(37)34(2)3)28(35-18-11-19-38-31(35)32-21)24-16-10-17-25(20-24)33-29(36)27(22-12-6-4-7-13-22)23-14-8-5-9-15-23/h4-10,12-17,20,27-28H,11,18-19H2,1-3H3,(H,33,36). The van der Waals surface area contributed by atoms with E-state index >= 15 is 0 Å². The van der Waals surface area contributed by atoms with Crippen LogP contribution in [0.1, 0.15) is 42.0 Å². The van der Waals surface area contributed by atoms with Gasteiger partial charge in [-0.05, 0) is 42.2 Å². The van der Waals surface area contributed by atoms with Crippen molar-refractivity contribution in [1.29, 1.82) is 0 Å². The number of rotatable bonds is 6. The van der Waals surface area contributed by atoms with Gasteiger partial charge in [0.15, 0.2) is 5.17 Å². The van der Waals surface area contributed by atoms with E-state index in [-0.39, 0.29) is 17.9 Å². The Kier molecular flexibility index (Phi) is 7.65. The van der Waals surface area contributed by atoms with Crippen molar-refractivity contribution in [1.82, 2.24) is 9.80 Å². The van der Waals surface area contributed by atoms with E-state index in [1.165, 1.54) is 0 Å². The number of hydrogen-bond donors (Lipinski definition) is 1. The molecule has 0 radical (unpaired) electrons. The Bertz CT molecular complexity index is 1350. The van der Waals surface area contributed by atoms with Crippen molar-refractivity contribution in [2.75, 3.05) is 31.7 Å². The number of fused-ring (bicyclic) bond motifs is 1. The molecule has 1 unspecified atom stereocenters. The average Bonchev–Trinajstić information content (AvgIpc) is 2.93. The normalized spacial score (nSPS) is 17.1. The molecule has 38 heavy (non-hydrogen) atoms. The third-order valence-corrected chi connectivity index (χ3v) is 7.97. The highest BCUT2D eigenvalue weighted by Gasteiger charge is 2.37. The van der Waals surface area contributed by atoms with Gasteiger partial charge in [0.1, 0.15) is 0 Å². The van der Waals surface area contributed by atoms with Crippen LogP contribution in [0.25, 0.3) is 0 Å². The summed E-state index contributed by atoms with van der Waals surface area (Å²) in [5, 5.41) is 4.12. The molecule has 0 aliphatic carbocycles. The number of allylic oxidation sites excluding steroid dienone is 1. The highest BCUT2D eigenvalue weighted by Crippen LogP contribution is 2.40. The predicted octanol–water partition coefficient (Wildman–Crippen LogP) is 5.67. The van der Waals surface area contributed by atoms with Crippen LogP contribution in [-0.2, 0) is 9.59 Å². The molecular weight excluding hydrogens is 492 g/mol. The number of anilines is 1. The molecule has 5 rings (SSSR count). The van der Waals surface area contributed by atoms with Crippen LogP contribution in [-0.4, -0.2) is 53.2 Å². The van der Waals surface area contributed by atoms with E-state index in [0.717, 1.165) is 46.3 Å². The monoisotopic (exact) mass is 524 g/mol. The van der Waals surface area contributed by atoms with E-state index in [4.69, 9.17) is 4.99 Å². The number of carbonyl (C=O) groups excluding carboxylic acids is 2. The molecule has 0 bridgehead atoms.